The number of aromatic hydroxyl groups is 1. The Balaban J connectivity index is 3.45. The maximum atomic E-state index is 10.9. The van der Waals surface area contributed by atoms with Crippen molar-refractivity contribution in [2.75, 3.05) is 0 Å². The molecule has 0 aromatic heterocycles. The van der Waals surface area contributed by atoms with Gasteiger partial charge in [-0.15, -0.1) is 0 Å². The second-order valence-corrected chi connectivity index (χ2v) is 5.32. The minimum absolute atomic E-state index is 0.159. The summed E-state index contributed by atoms with van der Waals surface area (Å²) < 4.78 is 10.9. The van der Waals surface area contributed by atoms with Crippen LogP contribution >= 0.6 is 19.2 Å². The molecule has 10 heteroatoms. The number of hydrogen-bond donors (Lipinski definition) is 4. The quantitative estimate of drug-likeness (QED) is 0.368. The highest BCUT2D eigenvalue weighted by molar-refractivity contribution is 7.52. The van der Waals surface area contributed by atoms with E-state index in [0.717, 1.165) is 12.1 Å². The number of rotatable bonds is 3. The summed E-state index contributed by atoms with van der Waals surface area (Å²) in [5.41, 5.74) is 3.96. The number of phenols is 1. The van der Waals surface area contributed by atoms with Crippen molar-refractivity contribution in [2.45, 2.75) is 5.78 Å². The zero-order valence-corrected chi connectivity index (χ0v) is 9.80. The standard InChI is InChI=1S/C7H8ClN2O6P/c8-3-1-4(7(9)17(14,15)16)6(11)5(2-3)10(12)13/h1-2,7,11H,9H2,(H2,14,15,16)/t7-/m1/s1. The number of nitrogens with two attached hydrogens (primary N) is 1. The molecule has 17 heavy (non-hydrogen) atoms. The van der Waals surface area contributed by atoms with Gasteiger partial charge in [-0.2, -0.15) is 0 Å². The highest BCUT2D eigenvalue weighted by Gasteiger charge is 2.32. The van der Waals surface area contributed by atoms with E-state index in [1.807, 2.05) is 0 Å². The topological polar surface area (TPSA) is 147 Å². The van der Waals surface area contributed by atoms with E-state index in [0.29, 0.717) is 0 Å². The van der Waals surface area contributed by atoms with Crippen LogP contribution in [0.5, 0.6) is 5.75 Å². The van der Waals surface area contributed by atoms with Crippen LogP contribution in [0.15, 0.2) is 12.1 Å². The fraction of sp³-hybridized carbons (Fsp3) is 0.143. The first-order valence-corrected chi connectivity index (χ1v) is 6.18. The van der Waals surface area contributed by atoms with E-state index in [4.69, 9.17) is 27.1 Å². The Hall–Kier alpha value is -1.18. The van der Waals surface area contributed by atoms with Crippen LogP contribution in [0, 0.1) is 10.1 Å². The Bertz CT molecular complexity index is 515. The fourth-order valence-electron chi connectivity index (χ4n) is 1.15. The van der Waals surface area contributed by atoms with E-state index in [9.17, 15) is 19.8 Å². The van der Waals surface area contributed by atoms with E-state index >= 15 is 0 Å². The van der Waals surface area contributed by atoms with Crippen molar-refractivity contribution in [3.63, 3.8) is 0 Å². The molecule has 0 saturated carbocycles. The predicted octanol–water partition coefficient (Wildman–Crippen LogP) is 1.09. The summed E-state index contributed by atoms with van der Waals surface area (Å²) in [6, 6.07) is 1.82. The average Bonchev–Trinajstić information content (AvgIpc) is 2.18. The molecule has 0 saturated heterocycles. The van der Waals surface area contributed by atoms with E-state index in [1.54, 1.807) is 0 Å². The number of nitrogens with zero attached hydrogens (tertiary/aromatic N) is 1. The molecule has 94 valence electrons. The SMILES string of the molecule is N[C@@H](c1cc(Cl)cc([N+](=O)[O-])c1O)P(=O)(O)O. The molecule has 0 radical (unpaired) electrons. The molecule has 1 rings (SSSR count). The molecule has 0 fully saturated rings. The summed E-state index contributed by atoms with van der Waals surface area (Å²) in [7, 11) is -4.74. The number of nitro groups is 1. The summed E-state index contributed by atoms with van der Waals surface area (Å²) in [6.45, 7) is 0. The van der Waals surface area contributed by atoms with Crippen LogP contribution in [0.3, 0.4) is 0 Å². The first kappa shape index (κ1) is 13.9. The van der Waals surface area contributed by atoms with Crippen molar-refractivity contribution in [2.24, 2.45) is 5.73 Å². The molecule has 0 unspecified atom stereocenters. The third-order valence-corrected chi connectivity index (χ3v) is 3.18. The molecule has 0 amide bonds. The van der Waals surface area contributed by atoms with Gasteiger partial charge in [-0.05, 0) is 6.07 Å². The van der Waals surface area contributed by atoms with Crippen molar-refractivity contribution in [3.05, 3.63) is 32.8 Å². The van der Waals surface area contributed by atoms with Crippen LogP contribution in [0.1, 0.15) is 11.3 Å². The molecule has 0 aliphatic rings. The lowest BCUT2D eigenvalue weighted by atomic mass is 10.1. The molecule has 1 atom stereocenters. The van der Waals surface area contributed by atoms with Crippen LogP contribution in [0.25, 0.3) is 0 Å². The smallest absolute Gasteiger partial charge is 0.346 e. The maximum Gasteiger partial charge on any atom is 0.346 e. The molecule has 0 aliphatic carbocycles. The zero-order valence-electron chi connectivity index (χ0n) is 8.15. The highest BCUT2D eigenvalue weighted by Crippen LogP contribution is 2.52. The largest absolute Gasteiger partial charge is 0.502 e. The molecule has 1 aromatic carbocycles. The molecule has 5 N–H and O–H groups in total. The fourth-order valence-corrected chi connectivity index (χ4v) is 1.93. The van der Waals surface area contributed by atoms with Crippen LogP contribution in [0.2, 0.25) is 5.02 Å². The number of nitro benzene ring substituents is 1. The van der Waals surface area contributed by atoms with E-state index in [1.165, 1.54) is 0 Å². The van der Waals surface area contributed by atoms with Gasteiger partial charge in [0.25, 0.3) is 0 Å². The van der Waals surface area contributed by atoms with Crippen LogP contribution < -0.4 is 5.73 Å². The Labute approximate surface area is 99.9 Å². The lowest BCUT2D eigenvalue weighted by Crippen LogP contribution is -2.11. The Morgan fingerprint density at radius 3 is 2.41 bits per heavy atom. The molecule has 0 aliphatic heterocycles. The van der Waals surface area contributed by atoms with Crippen LogP contribution in [0.4, 0.5) is 5.69 Å². The van der Waals surface area contributed by atoms with Crippen molar-refractivity contribution in [1.29, 1.82) is 0 Å². The second kappa shape index (κ2) is 4.59. The number of benzene rings is 1. The minimum Gasteiger partial charge on any atom is -0.502 e. The van der Waals surface area contributed by atoms with Gasteiger partial charge in [-0.1, -0.05) is 11.6 Å². The number of hydrogen-bond acceptors (Lipinski definition) is 5. The van der Waals surface area contributed by atoms with E-state index in [-0.39, 0.29) is 5.02 Å². The van der Waals surface area contributed by atoms with Crippen molar-refractivity contribution >= 4 is 24.9 Å². The van der Waals surface area contributed by atoms with Crippen LogP contribution in [-0.4, -0.2) is 19.8 Å². The van der Waals surface area contributed by atoms with Crippen molar-refractivity contribution in [1.82, 2.24) is 0 Å². The monoisotopic (exact) mass is 282 g/mol. The summed E-state index contributed by atoms with van der Waals surface area (Å²) in [5, 5.41) is 19.9. The van der Waals surface area contributed by atoms with Gasteiger partial charge in [-0.25, -0.2) is 0 Å². The maximum absolute atomic E-state index is 10.9. The van der Waals surface area contributed by atoms with E-state index in [2.05, 4.69) is 0 Å². The van der Waals surface area contributed by atoms with Crippen molar-refractivity contribution < 1.29 is 24.4 Å². The Kier molecular flexibility index (Phi) is 3.75. The molecule has 1 aromatic rings. The Morgan fingerprint density at radius 1 is 1.47 bits per heavy atom. The zero-order chi connectivity index (χ0) is 13.4. The highest BCUT2D eigenvalue weighted by atomic mass is 35.5. The molecular weight excluding hydrogens is 275 g/mol. The average molecular weight is 283 g/mol. The summed E-state index contributed by atoms with van der Waals surface area (Å²) in [5.74, 6) is -2.78. The first-order valence-electron chi connectivity index (χ1n) is 4.12. The normalized spacial score (nSPS) is 13.4. The second-order valence-electron chi connectivity index (χ2n) is 3.15. The van der Waals surface area contributed by atoms with Gasteiger partial charge in [-0.3, -0.25) is 14.7 Å². The molecule has 8 nitrogen and oxygen atoms in total. The minimum atomic E-state index is -4.74. The van der Waals surface area contributed by atoms with Gasteiger partial charge in [0.2, 0.25) is 0 Å². The third kappa shape index (κ3) is 2.93. The number of phenolic OH excluding ortho intramolecular Hbond substituents is 1. The van der Waals surface area contributed by atoms with Gasteiger partial charge in [0.05, 0.1) is 4.92 Å². The van der Waals surface area contributed by atoms with Gasteiger partial charge >= 0.3 is 13.3 Å². The lowest BCUT2D eigenvalue weighted by Gasteiger charge is -2.15. The molecular formula is C7H8ClN2O6P. The molecule has 0 spiro atoms. The Morgan fingerprint density at radius 2 is 2.00 bits per heavy atom. The van der Waals surface area contributed by atoms with Gasteiger partial charge in [0, 0.05) is 16.7 Å². The van der Waals surface area contributed by atoms with Gasteiger partial charge < -0.3 is 20.6 Å². The van der Waals surface area contributed by atoms with Gasteiger partial charge in [0.1, 0.15) is 5.78 Å². The summed E-state index contributed by atoms with van der Waals surface area (Å²) >= 11 is 5.54. The predicted molar refractivity (Wildman–Crippen MR) is 58.7 cm³/mol. The summed E-state index contributed by atoms with van der Waals surface area (Å²) in [6.07, 6.45) is 0. The van der Waals surface area contributed by atoms with Crippen molar-refractivity contribution in [3.8, 4) is 5.75 Å². The number of halogens is 1. The van der Waals surface area contributed by atoms with E-state index < -0.39 is 35.3 Å². The summed E-state index contributed by atoms with van der Waals surface area (Å²) in [4.78, 5) is 27.3. The first-order chi connectivity index (χ1) is 7.64. The molecule has 0 heterocycles. The van der Waals surface area contributed by atoms with Crippen LogP contribution in [-0.2, 0) is 4.57 Å². The molecule has 0 bridgehead atoms. The third-order valence-electron chi connectivity index (χ3n) is 1.96. The lowest BCUT2D eigenvalue weighted by molar-refractivity contribution is -0.385. The van der Waals surface area contributed by atoms with Gasteiger partial charge in [0.15, 0.2) is 5.75 Å².